The molecule has 1 amide bonds. The molecular formula is C16H27N3O. The number of amides is 1. The van der Waals surface area contributed by atoms with Gasteiger partial charge in [-0.05, 0) is 31.2 Å². The van der Waals surface area contributed by atoms with Gasteiger partial charge in [0, 0.05) is 25.0 Å². The Morgan fingerprint density at radius 2 is 2.00 bits per heavy atom. The summed E-state index contributed by atoms with van der Waals surface area (Å²) in [6, 6.07) is 1.92. The number of carbonyl (C=O) groups is 1. The SMILES string of the molecule is CCCNc1cc(C)ncc1C(=O)NCCC(C)(C)C. The number of anilines is 1. The van der Waals surface area contributed by atoms with Crippen LogP contribution in [0.1, 0.15) is 56.6 Å². The highest BCUT2D eigenvalue weighted by Gasteiger charge is 2.14. The Hall–Kier alpha value is -1.58. The Bertz CT molecular complexity index is 450. The quantitative estimate of drug-likeness (QED) is 0.838. The first kappa shape index (κ1) is 16.5. The summed E-state index contributed by atoms with van der Waals surface area (Å²) in [5, 5.41) is 6.26. The zero-order valence-electron chi connectivity index (χ0n) is 13.3. The molecule has 0 bridgehead atoms. The minimum atomic E-state index is -0.0552. The van der Waals surface area contributed by atoms with Gasteiger partial charge in [0.25, 0.3) is 5.91 Å². The van der Waals surface area contributed by atoms with Crippen molar-refractivity contribution in [1.82, 2.24) is 10.3 Å². The monoisotopic (exact) mass is 277 g/mol. The number of rotatable bonds is 6. The van der Waals surface area contributed by atoms with Crippen LogP contribution in [-0.4, -0.2) is 24.0 Å². The van der Waals surface area contributed by atoms with Crippen LogP contribution in [0.5, 0.6) is 0 Å². The van der Waals surface area contributed by atoms with Crippen molar-refractivity contribution in [3.8, 4) is 0 Å². The second-order valence-corrected chi connectivity index (χ2v) is 6.36. The Morgan fingerprint density at radius 3 is 2.60 bits per heavy atom. The number of aryl methyl sites for hydroxylation is 1. The van der Waals surface area contributed by atoms with Gasteiger partial charge in [0.1, 0.15) is 0 Å². The third kappa shape index (κ3) is 5.59. The van der Waals surface area contributed by atoms with Gasteiger partial charge in [-0.2, -0.15) is 0 Å². The topological polar surface area (TPSA) is 54.0 Å². The van der Waals surface area contributed by atoms with E-state index in [4.69, 9.17) is 0 Å². The third-order valence-corrected chi connectivity index (χ3v) is 3.01. The molecule has 1 aromatic rings. The maximum Gasteiger partial charge on any atom is 0.254 e. The minimum Gasteiger partial charge on any atom is -0.384 e. The number of carbonyl (C=O) groups excluding carboxylic acids is 1. The van der Waals surface area contributed by atoms with Gasteiger partial charge in [-0.3, -0.25) is 9.78 Å². The zero-order valence-corrected chi connectivity index (χ0v) is 13.3. The molecule has 0 saturated carbocycles. The van der Waals surface area contributed by atoms with Crippen molar-refractivity contribution in [3.63, 3.8) is 0 Å². The highest BCUT2D eigenvalue weighted by molar-refractivity contribution is 5.99. The highest BCUT2D eigenvalue weighted by atomic mass is 16.1. The van der Waals surface area contributed by atoms with Crippen LogP contribution in [0.4, 0.5) is 5.69 Å². The molecule has 1 rings (SSSR count). The van der Waals surface area contributed by atoms with Gasteiger partial charge in [-0.25, -0.2) is 0 Å². The van der Waals surface area contributed by atoms with Crippen molar-refractivity contribution in [3.05, 3.63) is 23.5 Å². The van der Waals surface area contributed by atoms with E-state index in [1.807, 2.05) is 13.0 Å². The predicted molar refractivity (Wildman–Crippen MR) is 84.2 cm³/mol. The predicted octanol–water partition coefficient (Wildman–Crippen LogP) is 3.38. The lowest BCUT2D eigenvalue weighted by molar-refractivity contribution is 0.0950. The fourth-order valence-electron chi connectivity index (χ4n) is 1.79. The van der Waals surface area contributed by atoms with E-state index in [1.54, 1.807) is 6.20 Å². The zero-order chi connectivity index (χ0) is 15.2. The fourth-order valence-corrected chi connectivity index (χ4v) is 1.79. The number of hydrogen-bond donors (Lipinski definition) is 2. The van der Waals surface area contributed by atoms with Gasteiger partial charge in [0.05, 0.1) is 11.3 Å². The van der Waals surface area contributed by atoms with Crippen molar-refractivity contribution in [1.29, 1.82) is 0 Å². The first-order valence-electron chi connectivity index (χ1n) is 7.32. The van der Waals surface area contributed by atoms with E-state index < -0.39 is 0 Å². The molecule has 1 heterocycles. The van der Waals surface area contributed by atoms with Crippen LogP contribution in [0.25, 0.3) is 0 Å². The summed E-state index contributed by atoms with van der Waals surface area (Å²) >= 11 is 0. The molecule has 20 heavy (non-hydrogen) atoms. The molecule has 0 aliphatic rings. The van der Waals surface area contributed by atoms with Crippen LogP contribution in [-0.2, 0) is 0 Å². The molecule has 0 spiro atoms. The summed E-state index contributed by atoms with van der Waals surface area (Å²) in [6.45, 7) is 12.1. The van der Waals surface area contributed by atoms with E-state index in [1.165, 1.54) is 0 Å². The van der Waals surface area contributed by atoms with Gasteiger partial charge < -0.3 is 10.6 Å². The normalized spacial score (nSPS) is 11.2. The van der Waals surface area contributed by atoms with E-state index >= 15 is 0 Å². The molecule has 0 aliphatic heterocycles. The van der Waals surface area contributed by atoms with Crippen molar-refractivity contribution in [2.45, 2.75) is 47.5 Å². The third-order valence-electron chi connectivity index (χ3n) is 3.01. The summed E-state index contributed by atoms with van der Waals surface area (Å²) in [7, 11) is 0. The molecule has 112 valence electrons. The Morgan fingerprint density at radius 1 is 1.30 bits per heavy atom. The molecule has 4 heteroatoms. The molecule has 4 nitrogen and oxygen atoms in total. The second kappa shape index (κ2) is 7.27. The van der Waals surface area contributed by atoms with Gasteiger partial charge in [-0.15, -0.1) is 0 Å². The fraction of sp³-hybridized carbons (Fsp3) is 0.625. The molecule has 2 N–H and O–H groups in total. The van der Waals surface area contributed by atoms with Crippen molar-refractivity contribution < 1.29 is 4.79 Å². The number of nitrogens with zero attached hydrogens (tertiary/aromatic N) is 1. The second-order valence-electron chi connectivity index (χ2n) is 6.36. The maximum atomic E-state index is 12.2. The lowest BCUT2D eigenvalue weighted by Gasteiger charge is -2.18. The van der Waals surface area contributed by atoms with E-state index in [9.17, 15) is 4.79 Å². The van der Waals surface area contributed by atoms with Gasteiger partial charge in [0.2, 0.25) is 0 Å². The highest BCUT2D eigenvalue weighted by Crippen LogP contribution is 2.18. The number of hydrogen-bond acceptors (Lipinski definition) is 3. The summed E-state index contributed by atoms with van der Waals surface area (Å²) in [5.41, 5.74) is 2.63. The standard InChI is InChI=1S/C16H27N3O/c1-6-8-17-14-10-12(2)19-11-13(14)15(20)18-9-7-16(3,4)5/h10-11H,6-9H2,1-5H3,(H,17,19)(H,18,20). The van der Waals surface area contributed by atoms with E-state index in [-0.39, 0.29) is 11.3 Å². The first-order chi connectivity index (χ1) is 9.33. The van der Waals surface area contributed by atoms with Crippen molar-refractivity contribution >= 4 is 11.6 Å². The summed E-state index contributed by atoms with van der Waals surface area (Å²) in [4.78, 5) is 16.5. The van der Waals surface area contributed by atoms with Gasteiger partial charge in [-0.1, -0.05) is 27.7 Å². The van der Waals surface area contributed by atoms with Crippen LogP contribution >= 0.6 is 0 Å². The smallest absolute Gasteiger partial charge is 0.254 e. The number of aromatic nitrogens is 1. The van der Waals surface area contributed by atoms with Crippen LogP contribution in [0, 0.1) is 12.3 Å². The summed E-state index contributed by atoms with van der Waals surface area (Å²) in [6.07, 6.45) is 3.63. The maximum absolute atomic E-state index is 12.2. The van der Waals surface area contributed by atoms with Crippen LogP contribution < -0.4 is 10.6 Å². The molecule has 0 atom stereocenters. The van der Waals surface area contributed by atoms with Gasteiger partial charge in [0.15, 0.2) is 0 Å². The molecule has 1 aromatic heterocycles. The van der Waals surface area contributed by atoms with Crippen LogP contribution in [0.2, 0.25) is 0 Å². The first-order valence-corrected chi connectivity index (χ1v) is 7.32. The molecule has 0 aliphatic carbocycles. The molecular weight excluding hydrogens is 250 g/mol. The molecule has 0 aromatic carbocycles. The average Bonchev–Trinajstić information content (AvgIpc) is 2.34. The average molecular weight is 277 g/mol. The molecule has 0 fully saturated rings. The van der Waals surface area contributed by atoms with E-state index in [0.717, 1.165) is 30.8 Å². The molecule has 0 saturated heterocycles. The Kier molecular flexibility index (Phi) is 5.99. The number of nitrogens with one attached hydrogen (secondary N) is 2. The van der Waals surface area contributed by atoms with E-state index in [0.29, 0.717) is 12.1 Å². The Balaban J connectivity index is 2.71. The van der Waals surface area contributed by atoms with E-state index in [2.05, 4.69) is 43.3 Å². The largest absolute Gasteiger partial charge is 0.384 e. The lowest BCUT2D eigenvalue weighted by Crippen LogP contribution is -2.28. The van der Waals surface area contributed by atoms with Crippen LogP contribution in [0.15, 0.2) is 12.3 Å². The minimum absolute atomic E-state index is 0.0552. The van der Waals surface area contributed by atoms with Crippen molar-refractivity contribution in [2.75, 3.05) is 18.4 Å². The Labute approximate surface area is 122 Å². The number of pyridine rings is 1. The van der Waals surface area contributed by atoms with Crippen molar-refractivity contribution in [2.24, 2.45) is 5.41 Å². The summed E-state index contributed by atoms with van der Waals surface area (Å²) < 4.78 is 0. The molecule has 0 unspecified atom stereocenters. The summed E-state index contributed by atoms with van der Waals surface area (Å²) in [5.74, 6) is -0.0552. The molecule has 0 radical (unpaired) electrons. The van der Waals surface area contributed by atoms with Crippen LogP contribution in [0.3, 0.4) is 0 Å². The van der Waals surface area contributed by atoms with Gasteiger partial charge >= 0.3 is 0 Å². The lowest BCUT2D eigenvalue weighted by atomic mass is 9.92.